The number of carbonyl (C=O) groups excluding carboxylic acids is 1. The molecular formula is C19H21N5O3. The molecule has 0 bridgehead atoms. The third kappa shape index (κ3) is 4.28. The largest absolute Gasteiger partial charge is 0.339 e. The van der Waals surface area contributed by atoms with E-state index in [1.165, 1.54) is 10.7 Å². The number of rotatable bonds is 6. The number of aromatic nitrogens is 4. The molecule has 0 saturated heterocycles. The maximum absolute atomic E-state index is 12.6. The molecule has 0 spiro atoms. The summed E-state index contributed by atoms with van der Waals surface area (Å²) in [5.41, 5.74) is 1.87. The zero-order valence-electron chi connectivity index (χ0n) is 15.5. The normalized spacial score (nSPS) is 10.8. The highest BCUT2D eigenvalue weighted by molar-refractivity contribution is 5.94. The molecule has 8 nitrogen and oxygen atoms in total. The predicted octanol–water partition coefficient (Wildman–Crippen LogP) is 2.05. The molecule has 0 aliphatic heterocycles. The lowest BCUT2D eigenvalue weighted by molar-refractivity contribution is 0.0780. The lowest BCUT2D eigenvalue weighted by atomic mass is 10.1. The Balaban J connectivity index is 1.70. The Kier molecular flexibility index (Phi) is 5.44. The Labute approximate surface area is 156 Å². The van der Waals surface area contributed by atoms with E-state index in [4.69, 9.17) is 4.52 Å². The maximum atomic E-state index is 12.6. The summed E-state index contributed by atoms with van der Waals surface area (Å²) in [5.74, 6) is 0.930. The van der Waals surface area contributed by atoms with E-state index in [9.17, 15) is 9.59 Å². The van der Waals surface area contributed by atoms with Crippen LogP contribution in [-0.2, 0) is 20.0 Å². The van der Waals surface area contributed by atoms with Gasteiger partial charge in [-0.05, 0) is 24.6 Å². The second-order valence-electron chi connectivity index (χ2n) is 6.27. The molecule has 0 saturated carbocycles. The van der Waals surface area contributed by atoms with Crippen molar-refractivity contribution in [3.8, 4) is 11.3 Å². The van der Waals surface area contributed by atoms with Gasteiger partial charge in [-0.15, -0.1) is 0 Å². The molecule has 0 atom stereocenters. The molecule has 0 fully saturated rings. The van der Waals surface area contributed by atoms with Crippen LogP contribution in [0.5, 0.6) is 0 Å². The van der Waals surface area contributed by atoms with Crippen LogP contribution in [0.3, 0.4) is 0 Å². The minimum atomic E-state index is -0.171. The molecule has 0 N–H and O–H groups in total. The van der Waals surface area contributed by atoms with E-state index in [2.05, 4.69) is 15.2 Å². The fraction of sp³-hybridized carbons (Fsp3) is 0.316. The molecule has 140 valence electrons. The fourth-order valence-corrected chi connectivity index (χ4v) is 2.61. The first-order valence-corrected chi connectivity index (χ1v) is 8.69. The summed E-state index contributed by atoms with van der Waals surface area (Å²) in [5, 5.41) is 8.11. The molecule has 0 unspecified atom stereocenters. The first kappa shape index (κ1) is 18.5. The van der Waals surface area contributed by atoms with Crippen LogP contribution < -0.4 is 5.56 Å². The minimum Gasteiger partial charge on any atom is -0.339 e. The maximum Gasteiger partial charge on any atom is 0.266 e. The van der Waals surface area contributed by atoms with Crippen molar-refractivity contribution in [3.05, 3.63) is 64.0 Å². The number of aryl methyl sites for hydroxylation is 2. The van der Waals surface area contributed by atoms with Crippen molar-refractivity contribution in [2.45, 2.75) is 26.3 Å². The number of amides is 1. The molecule has 8 heteroatoms. The zero-order chi connectivity index (χ0) is 19.4. The fourth-order valence-electron chi connectivity index (χ4n) is 2.61. The molecule has 0 aliphatic rings. The van der Waals surface area contributed by atoms with Gasteiger partial charge in [-0.25, -0.2) is 4.68 Å². The van der Waals surface area contributed by atoms with Crippen LogP contribution in [0.4, 0.5) is 0 Å². The van der Waals surface area contributed by atoms with Crippen molar-refractivity contribution in [2.75, 3.05) is 7.05 Å². The summed E-state index contributed by atoms with van der Waals surface area (Å²) in [6.07, 6.45) is 1.65. The lowest BCUT2D eigenvalue weighted by Crippen LogP contribution is -2.26. The summed E-state index contributed by atoms with van der Waals surface area (Å²) in [6.45, 7) is 2.31. The van der Waals surface area contributed by atoms with Gasteiger partial charge < -0.3 is 9.42 Å². The number of carbonyl (C=O) groups is 1. The van der Waals surface area contributed by atoms with Gasteiger partial charge in [-0.1, -0.05) is 24.2 Å². The van der Waals surface area contributed by atoms with Crippen molar-refractivity contribution in [3.63, 3.8) is 0 Å². The number of hydrogen-bond donors (Lipinski definition) is 0. The molecule has 2 aromatic heterocycles. The van der Waals surface area contributed by atoms with E-state index in [1.807, 2.05) is 19.1 Å². The summed E-state index contributed by atoms with van der Waals surface area (Å²) < 4.78 is 6.42. The highest BCUT2D eigenvalue weighted by Gasteiger charge is 2.15. The van der Waals surface area contributed by atoms with Crippen molar-refractivity contribution >= 4 is 5.91 Å². The van der Waals surface area contributed by atoms with Gasteiger partial charge in [-0.2, -0.15) is 10.1 Å². The van der Waals surface area contributed by atoms with Crippen LogP contribution >= 0.6 is 0 Å². The Morgan fingerprint density at radius 1 is 1.19 bits per heavy atom. The van der Waals surface area contributed by atoms with E-state index in [0.717, 1.165) is 18.4 Å². The Bertz CT molecular complexity index is 991. The summed E-state index contributed by atoms with van der Waals surface area (Å²) in [4.78, 5) is 29.9. The Morgan fingerprint density at radius 3 is 2.59 bits per heavy atom. The number of benzene rings is 1. The monoisotopic (exact) mass is 367 g/mol. The van der Waals surface area contributed by atoms with Crippen molar-refractivity contribution in [1.82, 2.24) is 24.8 Å². The van der Waals surface area contributed by atoms with E-state index in [-0.39, 0.29) is 18.0 Å². The summed E-state index contributed by atoms with van der Waals surface area (Å²) >= 11 is 0. The van der Waals surface area contributed by atoms with Crippen LogP contribution in [0.2, 0.25) is 0 Å². The lowest BCUT2D eigenvalue weighted by Gasteiger charge is -2.15. The third-order valence-electron chi connectivity index (χ3n) is 4.09. The topological polar surface area (TPSA) is 94.1 Å². The number of nitrogens with zero attached hydrogens (tertiary/aromatic N) is 5. The molecule has 0 radical (unpaired) electrons. The van der Waals surface area contributed by atoms with Gasteiger partial charge >= 0.3 is 0 Å². The van der Waals surface area contributed by atoms with Crippen molar-refractivity contribution in [2.24, 2.45) is 7.05 Å². The summed E-state index contributed by atoms with van der Waals surface area (Å²) in [6, 6.07) is 10.2. The molecule has 1 amide bonds. The molecule has 3 aromatic rings. The van der Waals surface area contributed by atoms with Gasteiger partial charge in [0.25, 0.3) is 11.5 Å². The SMILES string of the molecule is CCCc1nc(CN(C)C(=O)c2ccc(-c3ccc(=O)n(C)n3)cc2)no1. The molecule has 1 aromatic carbocycles. The summed E-state index contributed by atoms with van der Waals surface area (Å²) in [7, 11) is 3.29. The smallest absolute Gasteiger partial charge is 0.266 e. The van der Waals surface area contributed by atoms with E-state index < -0.39 is 0 Å². The molecule has 27 heavy (non-hydrogen) atoms. The van der Waals surface area contributed by atoms with E-state index in [1.54, 1.807) is 37.2 Å². The van der Waals surface area contributed by atoms with Gasteiger partial charge in [0.1, 0.15) is 0 Å². The second kappa shape index (κ2) is 7.94. The van der Waals surface area contributed by atoms with Gasteiger partial charge in [-0.3, -0.25) is 9.59 Å². The van der Waals surface area contributed by atoms with Gasteiger partial charge in [0, 0.05) is 37.7 Å². The Morgan fingerprint density at radius 2 is 1.93 bits per heavy atom. The third-order valence-corrected chi connectivity index (χ3v) is 4.09. The zero-order valence-corrected chi connectivity index (χ0v) is 15.5. The Hall–Kier alpha value is -3.29. The van der Waals surface area contributed by atoms with Gasteiger partial charge in [0.15, 0.2) is 5.82 Å². The van der Waals surface area contributed by atoms with Crippen LogP contribution in [0.1, 0.15) is 35.4 Å². The van der Waals surface area contributed by atoms with Crippen LogP contribution in [-0.4, -0.2) is 37.8 Å². The molecule has 2 heterocycles. The predicted molar refractivity (Wildman–Crippen MR) is 99.0 cm³/mol. The van der Waals surface area contributed by atoms with Gasteiger partial charge in [0.05, 0.1) is 12.2 Å². The van der Waals surface area contributed by atoms with Crippen LogP contribution in [0.25, 0.3) is 11.3 Å². The highest BCUT2D eigenvalue weighted by Crippen LogP contribution is 2.17. The molecular weight excluding hydrogens is 346 g/mol. The van der Waals surface area contributed by atoms with Crippen LogP contribution in [0, 0.1) is 0 Å². The number of hydrogen-bond acceptors (Lipinski definition) is 6. The van der Waals surface area contributed by atoms with Crippen molar-refractivity contribution in [1.29, 1.82) is 0 Å². The standard InChI is InChI=1S/C19H21N5O3/c1-4-5-17-20-16(22-27-17)12-23(2)19(26)14-8-6-13(7-9-14)15-10-11-18(25)24(3)21-15/h6-11H,4-5,12H2,1-3H3. The van der Waals surface area contributed by atoms with Crippen LogP contribution in [0.15, 0.2) is 45.7 Å². The molecule has 3 rings (SSSR count). The highest BCUT2D eigenvalue weighted by atomic mass is 16.5. The first-order chi connectivity index (χ1) is 13.0. The average molecular weight is 367 g/mol. The van der Waals surface area contributed by atoms with Crippen molar-refractivity contribution < 1.29 is 9.32 Å². The second-order valence-corrected chi connectivity index (χ2v) is 6.27. The first-order valence-electron chi connectivity index (χ1n) is 8.69. The van der Waals surface area contributed by atoms with E-state index in [0.29, 0.717) is 23.0 Å². The average Bonchev–Trinajstić information content (AvgIpc) is 3.11. The quantitative estimate of drug-likeness (QED) is 0.662. The van der Waals surface area contributed by atoms with Gasteiger partial charge in [0.2, 0.25) is 5.89 Å². The minimum absolute atomic E-state index is 0.142. The van der Waals surface area contributed by atoms with E-state index >= 15 is 0 Å². The molecule has 0 aliphatic carbocycles.